The number of hydrogen-bond donors (Lipinski definition) is 1. The summed E-state index contributed by atoms with van der Waals surface area (Å²) in [6.07, 6.45) is 6.15. The minimum atomic E-state index is -0.149. The quantitative estimate of drug-likeness (QED) is 0.882. The third-order valence-electron chi connectivity index (χ3n) is 4.09. The van der Waals surface area contributed by atoms with Crippen LogP contribution < -0.4 is 5.32 Å². The summed E-state index contributed by atoms with van der Waals surface area (Å²) in [5, 5.41) is 3.60. The maximum absolute atomic E-state index is 13.0. The Morgan fingerprint density at radius 3 is 2.95 bits per heavy atom. The van der Waals surface area contributed by atoms with Gasteiger partial charge < -0.3 is 10.1 Å². The molecule has 1 fully saturated rings. The zero-order chi connectivity index (χ0) is 13.7. The molecule has 2 atom stereocenters. The molecule has 0 radical (unpaired) electrons. The first-order chi connectivity index (χ1) is 9.19. The van der Waals surface area contributed by atoms with Crippen LogP contribution in [-0.4, -0.2) is 25.8 Å². The highest BCUT2D eigenvalue weighted by molar-refractivity contribution is 5.26. The topological polar surface area (TPSA) is 21.3 Å². The van der Waals surface area contributed by atoms with E-state index in [9.17, 15) is 4.39 Å². The Balaban J connectivity index is 1.76. The van der Waals surface area contributed by atoms with Crippen molar-refractivity contribution in [3.63, 3.8) is 0 Å². The molecule has 0 heterocycles. The van der Waals surface area contributed by atoms with Gasteiger partial charge in [0.15, 0.2) is 0 Å². The van der Waals surface area contributed by atoms with Gasteiger partial charge in [-0.25, -0.2) is 4.39 Å². The van der Waals surface area contributed by atoms with Crippen LogP contribution in [0.1, 0.15) is 36.8 Å². The maximum atomic E-state index is 13.0. The smallest absolute Gasteiger partial charge is 0.123 e. The Morgan fingerprint density at radius 1 is 1.37 bits per heavy atom. The van der Waals surface area contributed by atoms with Crippen molar-refractivity contribution >= 4 is 0 Å². The third kappa shape index (κ3) is 4.29. The van der Waals surface area contributed by atoms with Crippen LogP contribution in [0.25, 0.3) is 0 Å². The van der Waals surface area contributed by atoms with E-state index < -0.39 is 0 Å². The number of hydrogen-bond acceptors (Lipinski definition) is 2. The first-order valence-corrected chi connectivity index (χ1v) is 7.20. The Bertz CT molecular complexity index is 408. The molecular weight excluding hydrogens is 241 g/mol. The molecular formula is C16H24FNO. The number of rotatable bonds is 5. The van der Waals surface area contributed by atoms with Crippen LogP contribution in [0.2, 0.25) is 0 Å². The molecule has 2 nitrogen and oxygen atoms in total. The van der Waals surface area contributed by atoms with E-state index in [1.54, 1.807) is 19.2 Å². The molecule has 19 heavy (non-hydrogen) atoms. The van der Waals surface area contributed by atoms with Crippen molar-refractivity contribution in [1.29, 1.82) is 0 Å². The van der Waals surface area contributed by atoms with Gasteiger partial charge >= 0.3 is 0 Å². The Kier molecular flexibility index (Phi) is 5.34. The summed E-state index contributed by atoms with van der Waals surface area (Å²) in [5.41, 5.74) is 2.27. The first kappa shape index (κ1) is 14.5. The lowest BCUT2D eigenvalue weighted by molar-refractivity contribution is 0.0590. The average molecular weight is 265 g/mol. The van der Waals surface area contributed by atoms with Gasteiger partial charge in [0.1, 0.15) is 5.82 Å². The second-order valence-corrected chi connectivity index (χ2v) is 5.50. The van der Waals surface area contributed by atoms with Crippen LogP contribution in [-0.2, 0) is 11.2 Å². The molecule has 1 aromatic carbocycles. The highest BCUT2D eigenvalue weighted by Gasteiger charge is 2.20. The SMILES string of the molecule is COC1CCCC(NCCc2ccc(F)cc2C)C1. The molecule has 1 aliphatic rings. The lowest BCUT2D eigenvalue weighted by atomic mass is 9.92. The number of benzene rings is 1. The summed E-state index contributed by atoms with van der Waals surface area (Å²) < 4.78 is 18.4. The highest BCUT2D eigenvalue weighted by atomic mass is 19.1. The summed E-state index contributed by atoms with van der Waals surface area (Å²) in [4.78, 5) is 0. The molecule has 1 aliphatic carbocycles. The fourth-order valence-corrected chi connectivity index (χ4v) is 2.90. The zero-order valence-electron chi connectivity index (χ0n) is 11.9. The van der Waals surface area contributed by atoms with E-state index in [-0.39, 0.29) is 5.82 Å². The Hall–Kier alpha value is -0.930. The maximum Gasteiger partial charge on any atom is 0.123 e. The predicted molar refractivity (Wildman–Crippen MR) is 75.9 cm³/mol. The number of nitrogens with one attached hydrogen (secondary N) is 1. The van der Waals surface area contributed by atoms with Crippen LogP contribution in [0.15, 0.2) is 18.2 Å². The van der Waals surface area contributed by atoms with Crippen molar-refractivity contribution in [3.05, 3.63) is 35.1 Å². The summed E-state index contributed by atoms with van der Waals surface area (Å²) in [6.45, 7) is 2.92. The van der Waals surface area contributed by atoms with Crippen molar-refractivity contribution in [1.82, 2.24) is 5.32 Å². The van der Waals surface area contributed by atoms with E-state index in [1.807, 2.05) is 13.0 Å². The van der Waals surface area contributed by atoms with Gasteiger partial charge in [0, 0.05) is 13.2 Å². The molecule has 3 heteroatoms. The molecule has 0 aliphatic heterocycles. The second kappa shape index (κ2) is 7.01. The highest BCUT2D eigenvalue weighted by Crippen LogP contribution is 2.20. The van der Waals surface area contributed by atoms with Gasteiger partial charge in [0.05, 0.1) is 6.10 Å². The minimum Gasteiger partial charge on any atom is -0.381 e. The minimum absolute atomic E-state index is 0.149. The third-order valence-corrected chi connectivity index (χ3v) is 4.09. The van der Waals surface area contributed by atoms with Crippen LogP contribution in [0.5, 0.6) is 0 Å². The summed E-state index contributed by atoms with van der Waals surface area (Å²) >= 11 is 0. The van der Waals surface area contributed by atoms with Gasteiger partial charge in [0.25, 0.3) is 0 Å². The van der Waals surface area contributed by atoms with Crippen molar-refractivity contribution < 1.29 is 9.13 Å². The Morgan fingerprint density at radius 2 is 2.21 bits per heavy atom. The van der Waals surface area contributed by atoms with E-state index in [1.165, 1.54) is 24.8 Å². The van der Waals surface area contributed by atoms with Gasteiger partial charge in [-0.05, 0) is 68.8 Å². The van der Waals surface area contributed by atoms with Crippen LogP contribution >= 0.6 is 0 Å². The van der Waals surface area contributed by atoms with Crippen molar-refractivity contribution in [2.24, 2.45) is 0 Å². The summed E-state index contributed by atoms with van der Waals surface area (Å²) in [6, 6.07) is 5.62. The lowest BCUT2D eigenvalue weighted by Crippen LogP contribution is -2.37. The van der Waals surface area contributed by atoms with Crippen molar-refractivity contribution in [2.45, 2.75) is 51.2 Å². The largest absolute Gasteiger partial charge is 0.381 e. The Labute approximate surface area is 115 Å². The number of ether oxygens (including phenoxy) is 1. The van der Waals surface area contributed by atoms with Crippen molar-refractivity contribution in [2.75, 3.05) is 13.7 Å². The average Bonchev–Trinajstić information content (AvgIpc) is 2.41. The van der Waals surface area contributed by atoms with Crippen LogP contribution in [0.4, 0.5) is 4.39 Å². The second-order valence-electron chi connectivity index (χ2n) is 5.50. The van der Waals surface area contributed by atoms with Gasteiger partial charge in [-0.2, -0.15) is 0 Å². The number of aryl methyl sites for hydroxylation is 1. The molecule has 2 rings (SSSR count). The molecule has 0 aromatic heterocycles. The first-order valence-electron chi connectivity index (χ1n) is 7.20. The number of methoxy groups -OCH3 is 1. The molecule has 1 saturated carbocycles. The standard InChI is InChI=1S/C16H24FNO/c1-12-10-14(17)7-6-13(12)8-9-18-15-4-3-5-16(11-15)19-2/h6-7,10,15-16,18H,3-5,8-9,11H2,1-2H3. The summed E-state index contributed by atoms with van der Waals surface area (Å²) in [5.74, 6) is -0.149. The fraction of sp³-hybridized carbons (Fsp3) is 0.625. The van der Waals surface area contributed by atoms with Gasteiger partial charge in [-0.15, -0.1) is 0 Å². The molecule has 1 aromatic rings. The van der Waals surface area contributed by atoms with Crippen LogP contribution in [0.3, 0.4) is 0 Å². The van der Waals surface area contributed by atoms with E-state index in [0.717, 1.165) is 24.9 Å². The number of halogens is 1. The van der Waals surface area contributed by atoms with Crippen LogP contribution in [0, 0.1) is 12.7 Å². The molecule has 0 saturated heterocycles. The fourth-order valence-electron chi connectivity index (χ4n) is 2.90. The molecule has 0 amide bonds. The van der Waals surface area contributed by atoms with Crippen molar-refractivity contribution in [3.8, 4) is 0 Å². The zero-order valence-corrected chi connectivity index (χ0v) is 11.9. The van der Waals surface area contributed by atoms with E-state index in [0.29, 0.717) is 12.1 Å². The normalized spacial score (nSPS) is 23.5. The van der Waals surface area contributed by atoms with Gasteiger partial charge in [0.2, 0.25) is 0 Å². The molecule has 0 bridgehead atoms. The summed E-state index contributed by atoms with van der Waals surface area (Å²) in [7, 11) is 1.80. The predicted octanol–water partition coefficient (Wildman–Crippen LogP) is 3.22. The van der Waals surface area contributed by atoms with E-state index in [2.05, 4.69) is 5.32 Å². The molecule has 1 N–H and O–H groups in total. The van der Waals surface area contributed by atoms with Gasteiger partial charge in [-0.1, -0.05) is 6.07 Å². The monoisotopic (exact) mass is 265 g/mol. The van der Waals surface area contributed by atoms with Gasteiger partial charge in [-0.3, -0.25) is 0 Å². The van der Waals surface area contributed by atoms with E-state index in [4.69, 9.17) is 4.74 Å². The molecule has 0 spiro atoms. The lowest BCUT2D eigenvalue weighted by Gasteiger charge is -2.29. The molecule has 106 valence electrons. The molecule has 2 unspecified atom stereocenters. The van der Waals surface area contributed by atoms with E-state index >= 15 is 0 Å².